The van der Waals surface area contributed by atoms with E-state index in [2.05, 4.69) is 19.9 Å². The van der Waals surface area contributed by atoms with Crippen molar-refractivity contribution in [1.82, 2.24) is 0 Å². The van der Waals surface area contributed by atoms with Crippen molar-refractivity contribution in [3.63, 3.8) is 0 Å². The van der Waals surface area contributed by atoms with Crippen LogP contribution in [-0.2, 0) is 6.42 Å². The first-order valence-electron chi connectivity index (χ1n) is 5.15. The normalized spacial score (nSPS) is 20.7. The number of halogens is 1. The third kappa shape index (κ3) is 1.45. The van der Waals surface area contributed by atoms with Crippen LogP contribution in [-0.4, -0.2) is 0 Å². The van der Waals surface area contributed by atoms with Crippen LogP contribution in [0.4, 0.5) is 0 Å². The fourth-order valence-electron chi connectivity index (χ4n) is 2.43. The molecule has 0 aromatic heterocycles. The number of hydrogen-bond donors (Lipinski definition) is 1. The zero-order valence-electron chi connectivity index (χ0n) is 8.73. The van der Waals surface area contributed by atoms with Crippen LogP contribution >= 0.6 is 11.6 Å². The molecule has 0 bridgehead atoms. The molecule has 0 fully saturated rings. The molecule has 0 radical (unpaired) electrons. The summed E-state index contributed by atoms with van der Waals surface area (Å²) in [6.45, 7) is 4.20. The molecular weight excluding hydrogens is 194 g/mol. The van der Waals surface area contributed by atoms with E-state index in [1.54, 1.807) is 0 Å². The van der Waals surface area contributed by atoms with E-state index in [9.17, 15) is 0 Å². The van der Waals surface area contributed by atoms with Crippen molar-refractivity contribution >= 4 is 11.6 Å². The van der Waals surface area contributed by atoms with E-state index in [1.165, 1.54) is 28.7 Å². The molecular formula is C12H16ClN. The lowest BCUT2D eigenvalue weighted by Gasteiger charge is -2.26. The van der Waals surface area contributed by atoms with Crippen molar-refractivity contribution in [3.8, 4) is 0 Å². The Hall–Kier alpha value is -0.530. The third-order valence-corrected chi connectivity index (χ3v) is 3.61. The molecule has 1 aliphatic rings. The lowest BCUT2D eigenvalue weighted by Crippen LogP contribution is -2.19. The van der Waals surface area contributed by atoms with Crippen LogP contribution in [0.15, 0.2) is 6.07 Å². The van der Waals surface area contributed by atoms with Crippen molar-refractivity contribution in [2.75, 3.05) is 0 Å². The predicted octanol–water partition coefficient (Wildman–Crippen LogP) is 3.29. The van der Waals surface area contributed by atoms with Gasteiger partial charge in [-0.15, -0.1) is 0 Å². The first-order valence-corrected chi connectivity index (χ1v) is 5.53. The average Bonchev–Trinajstić information content (AvgIpc) is 2.14. The second-order valence-corrected chi connectivity index (χ2v) is 4.60. The fourth-order valence-corrected chi connectivity index (χ4v) is 2.70. The molecule has 0 aliphatic heterocycles. The summed E-state index contributed by atoms with van der Waals surface area (Å²) >= 11 is 6.16. The molecule has 1 aromatic carbocycles. The van der Waals surface area contributed by atoms with Gasteiger partial charge in [0.1, 0.15) is 0 Å². The Kier molecular flexibility index (Phi) is 2.54. The van der Waals surface area contributed by atoms with Gasteiger partial charge in [0.25, 0.3) is 0 Å². The van der Waals surface area contributed by atoms with Gasteiger partial charge < -0.3 is 5.73 Å². The van der Waals surface area contributed by atoms with Crippen LogP contribution in [0, 0.1) is 13.8 Å². The third-order valence-electron chi connectivity index (χ3n) is 3.22. The summed E-state index contributed by atoms with van der Waals surface area (Å²) in [6.07, 6.45) is 3.45. The van der Waals surface area contributed by atoms with Crippen LogP contribution in [0.25, 0.3) is 0 Å². The highest BCUT2D eigenvalue weighted by Crippen LogP contribution is 2.35. The Balaban J connectivity index is 2.67. The summed E-state index contributed by atoms with van der Waals surface area (Å²) in [5.41, 5.74) is 11.3. The van der Waals surface area contributed by atoms with E-state index in [4.69, 9.17) is 17.3 Å². The Bertz CT molecular complexity index is 371. The van der Waals surface area contributed by atoms with E-state index >= 15 is 0 Å². The minimum atomic E-state index is 0.191. The van der Waals surface area contributed by atoms with Gasteiger partial charge in [-0.2, -0.15) is 0 Å². The van der Waals surface area contributed by atoms with Crippen molar-refractivity contribution in [2.45, 2.75) is 39.2 Å². The Morgan fingerprint density at radius 3 is 2.86 bits per heavy atom. The van der Waals surface area contributed by atoms with Crippen molar-refractivity contribution in [3.05, 3.63) is 33.3 Å². The van der Waals surface area contributed by atoms with E-state index in [-0.39, 0.29) is 6.04 Å². The molecule has 1 unspecified atom stereocenters. The minimum absolute atomic E-state index is 0.191. The van der Waals surface area contributed by atoms with E-state index < -0.39 is 0 Å². The summed E-state index contributed by atoms with van der Waals surface area (Å²) in [7, 11) is 0. The summed E-state index contributed by atoms with van der Waals surface area (Å²) in [4.78, 5) is 0. The van der Waals surface area contributed by atoms with E-state index in [0.717, 1.165) is 17.9 Å². The van der Waals surface area contributed by atoms with Gasteiger partial charge in [-0.3, -0.25) is 0 Å². The molecule has 2 heteroatoms. The summed E-state index contributed by atoms with van der Waals surface area (Å²) in [5.74, 6) is 0. The van der Waals surface area contributed by atoms with Crippen molar-refractivity contribution in [2.24, 2.45) is 5.73 Å². The zero-order chi connectivity index (χ0) is 10.3. The van der Waals surface area contributed by atoms with Gasteiger partial charge in [0.15, 0.2) is 0 Å². The standard InChI is InChI=1S/C12H16ClN/c1-7-6-10(13)8(2)12-9(7)4-3-5-11(12)14/h6,11H,3-5,14H2,1-2H3. The number of fused-ring (bicyclic) bond motifs is 1. The second-order valence-electron chi connectivity index (χ2n) is 4.19. The lowest BCUT2D eigenvalue weighted by molar-refractivity contribution is 0.565. The molecule has 76 valence electrons. The molecule has 2 N–H and O–H groups in total. The van der Waals surface area contributed by atoms with Crippen LogP contribution in [0.5, 0.6) is 0 Å². The van der Waals surface area contributed by atoms with Gasteiger partial charge in [0.05, 0.1) is 0 Å². The van der Waals surface area contributed by atoms with Crippen molar-refractivity contribution in [1.29, 1.82) is 0 Å². The Labute approximate surface area is 90.3 Å². The molecule has 0 heterocycles. The molecule has 14 heavy (non-hydrogen) atoms. The van der Waals surface area contributed by atoms with Crippen molar-refractivity contribution < 1.29 is 0 Å². The average molecular weight is 210 g/mol. The number of nitrogens with two attached hydrogens (primary N) is 1. The smallest absolute Gasteiger partial charge is 0.0441 e. The van der Waals surface area contributed by atoms with Gasteiger partial charge in [-0.1, -0.05) is 11.6 Å². The highest BCUT2D eigenvalue weighted by Gasteiger charge is 2.21. The predicted molar refractivity (Wildman–Crippen MR) is 60.8 cm³/mol. The molecule has 1 nitrogen and oxygen atoms in total. The number of rotatable bonds is 0. The number of hydrogen-bond acceptors (Lipinski definition) is 1. The topological polar surface area (TPSA) is 26.0 Å². The van der Waals surface area contributed by atoms with Crippen LogP contribution in [0.2, 0.25) is 5.02 Å². The largest absolute Gasteiger partial charge is 0.324 e. The van der Waals surface area contributed by atoms with Crippen LogP contribution < -0.4 is 5.73 Å². The summed E-state index contributed by atoms with van der Waals surface area (Å²) in [6, 6.07) is 2.25. The van der Waals surface area contributed by atoms with Gasteiger partial charge in [0.2, 0.25) is 0 Å². The lowest BCUT2D eigenvalue weighted by atomic mass is 9.83. The van der Waals surface area contributed by atoms with Gasteiger partial charge >= 0.3 is 0 Å². The quantitative estimate of drug-likeness (QED) is 0.697. The maximum absolute atomic E-state index is 6.16. The molecule has 0 amide bonds. The van der Waals surface area contributed by atoms with Crippen LogP contribution in [0.1, 0.15) is 41.1 Å². The number of benzene rings is 1. The Morgan fingerprint density at radius 2 is 2.14 bits per heavy atom. The molecule has 1 atom stereocenters. The van der Waals surface area contributed by atoms with E-state index in [1.807, 2.05) is 0 Å². The van der Waals surface area contributed by atoms with Gasteiger partial charge in [-0.05, 0) is 61.4 Å². The first-order chi connectivity index (χ1) is 6.61. The number of aryl methyl sites for hydroxylation is 1. The second kappa shape index (κ2) is 3.56. The maximum atomic E-state index is 6.16. The van der Waals surface area contributed by atoms with Gasteiger partial charge in [0, 0.05) is 11.1 Å². The monoisotopic (exact) mass is 209 g/mol. The summed E-state index contributed by atoms with van der Waals surface area (Å²) < 4.78 is 0. The SMILES string of the molecule is Cc1cc(Cl)c(C)c2c1CCCC2N. The highest BCUT2D eigenvalue weighted by molar-refractivity contribution is 6.31. The molecule has 2 rings (SSSR count). The molecule has 1 aliphatic carbocycles. The molecule has 0 saturated carbocycles. The fraction of sp³-hybridized carbons (Fsp3) is 0.500. The molecule has 1 aromatic rings. The molecule has 0 spiro atoms. The zero-order valence-corrected chi connectivity index (χ0v) is 9.49. The van der Waals surface area contributed by atoms with Crippen LogP contribution in [0.3, 0.4) is 0 Å². The highest BCUT2D eigenvalue weighted by atomic mass is 35.5. The van der Waals surface area contributed by atoms with Gasteiger partial charge in [-0.25, -0.2) is 0 Å². The maximum Gasteiger partial charge on any atom is 0.0441 e. The molecule has 0 saturated heterocycles. The Morgan fingerprint density at radius 1 is 1.43 bits per heavy atom. The van der Waals surface area contributed by atoms with E-state index in [0.29, 0.717) is 0 Å². The summed E-state index contributed by atoms with van der Waals surface area (Å²) in [5, 5.41) is 0.860. The first kappa shape index (κ1) is 10.0. The minimum Gasteiger partial charge on any atom is -0.324 e.